The number of nitrogens with one attached hydrogen (secondary N) is 1. The van der Waals surface area contributed by atoms with Crippen LogP contribution >= 0.6 is 0 Å². The minimum Gasteiger partial charge on any atom is -0.306 e. The van der Waals surface area contributed by atoms with Crippen molar-refractivity contribution >= 4 is 0 Å². The summed E-state index contributed by atoms with van der Waals surface area (Å²) in [5.41, 5.74) is 4.64. The van der Waals surface area contributed by atoms with E-state index >= 15 is 0 Å². The van der Waals surface area contributed by atoms with Gasteiger partial charge >= 0.3 is 0 Å². The molecule has 21 heavy (non-hydrogen) atoms. The Bertz CT molecular complexity index is 463. The maximum atomic E-state index is 3.79. The van der Waals surface area contributed by atoms with E-state index in [2.05, 4.69) is 42.3 Å². The first kappa shape index (κ1) is 15.1. The third-order valence-corrected chi connectivity index (χ3v) is 5.14. The number of likely N-dealkylation sites (tertiary alicyclic amines) is 1. The normalized spacial score (nSPS) is 22.0. The summed E-state index contributed by atoms with van der Waals surface area (Å²) in [6, 6.07) is 8.18. The first-order valence-corrected chi connectivity index (χ1v) is 8.82. The summed E-state index contributed by atoms with van der Waals surface area (Å²) in [5, 5.41) is 3.79. The van der Waals surface area contributed by atoms with Crippen LogP contribution in [0.5, 0.6) is 0 Å². The van der Waals surface area contributed by atoms with Gasteiger partial charge in [0.1, 0.15) is 0 Å². The minimum atomic E-state index is 0.454. The summed E-state index contributed by atoms with van der Waals surface area (Å²) in [6.07, 6.45) is 8.05. The summed E-state index contributed by atoms with van der Waals surface area (Å²) in [5.74, 6) is 0. The van der Waals surface area contributed by atoms with Crippen molar-refractivity contribution in [3.05, 3.63) is 34.9 Å². The lowest BCUT2D eigenvalue weighted by atomic mass is 9.89. The molecule has 0 aromatic heterocycles. The highest BCUT2D eigenvalue weighted by atomic mass is 15.2. The van der Waals surface area contributed by atoms with Gasteiger partial charge in [-0.15, -0.1) is 0 Å². The number of hydrogen-bond acceptors (Lipinski definition) is 2. The van der Waals surface area contributed by atoms with E-state index in [1.807, 2.05) is 0 Å². The summed E-state index contributed by atoms with van der Waals surface area (Å²) >= 11 is 0. The van der Waals surface area contributed by atoms with Gasteiger partial charge in [0.25, 0.3) is 0 Å². The Morgan fingerprint density at radius 3 is 2.48 bits per heavy atom. The van der Waals surface area contributed by atoms with Crippen molar-refractivity contribution in [2.75, 3.05) is 19.6 Å². The number of nitrogens with zero attached hydrogens (tertiary/aromatic N) is 1. The molecular formula is C19H30N2. The van der Waals surface area contributed by atoms with Gasteiger partial charge in [0.15, 0.2) is 0 Å². The number of fused-ring (bicyclic) bond motifs is 1. The van der Waals surface area contributed by atoms with Crippen LogP contribution in [0.2, 0.25) is 0 Å². The topological polar surface area (TPSA) is 15.3 Å². The Morgan fingerprint density at radius 2 is 1.71 bits per heavy atom. The standard InChI is InChI=1S/C19H30N2/c1-15(14-21-11-5-6-12-21)20-16(2)18-10-9-17-7-3-4-8-19(17)13-18/h9-10,13,15-16,20H,3-8,11-12,14H2,1-2H3. The van der Waals surface area contributed by atoms with Crippen molar-refractivity contribution in [3.63, 3.8) is 0 Å². The molecule has 1 saturated heterocycles. The predicted octanol–water partition coefficient (Wildman–Crippen LogP) is 3.70. The van der Waals surface area contributed by atoms with Crippen LogP contribution in [0.25, 0.3) is 0 Å². The molecule has 1 aromatic rings. The number of aryl methyl sites for hydroxylation is 2. The third-order valence-electron chi connectivity index (χ3n) is 5.14. The molecule has 1 aliphatic heterocycles. The van der Waals surface area contributed by atoms with Crippen molar-refractivity contribution < 1.29 is 0 Å². The number of benzene rings is 1. The second kappa shape index (κ2) is 6.93. The summed E-state index contributed by atoms with van der Waals surface area (Å²) in [6.45, 7) is 8.41. The first-order valence-electron chi connectivity index (χ1n) is 8.82. The summed E-state index contributed by atoms with van der Waals surface area (Å²) in [7, 11) is 0. The molecular weight excluding hydrogens is 256 g/mol. The molecule has 2 atom stereocenters. The molecule has 1 aromatic carbocycles. The fourth-order valence-corrected chi connectivity index (χ4v) is 3.95. The van der Waals surface area contributed by atoms with Crippen LogP contribution in [0, 0.1) is 0 Å². The highest BCUT2D eigenvalue weighted by Gasteiger charge is 2.17. The molecule has 0 amide bonds. The van der Waals surface area contributed by atoms with Gasteiger partial charge in [-0.1, -0.05) is 18.2 Å². The van der Waals surface area contributed by atoms with Gasteiger partial charge in [0.05, 0.1) is 0 Å². The van der Waals surface area contributed by atoms with Crippen molar-refractivity contribution in [2.24, 2.45) is 0 Å². The number of hydrogen-bond donors (Lipinski definition) is 1. The average molecular weight is 286 g/mol. The Hall–Kier alpha value is -0.860. The van der Waals surface area contributed by atoms with E-state index in [1.165, 1.54) is 63.7 Å². The molecule has 2 nitrogen and oxygen atoms in total. The maximum Gasteiger partial charge on any atom is 0.0294 e. The smallest absolute Gasteiger partial charge is 0.0294 e. The average Bonchev–Trinajstić information content (AvgIpc) is 2.99. The van der Waals surface area contributed by atoms with Gasteiger partial charge < -0.3 is 10.2 Å². The minimum absolute atomic E-state index is 0.454. The van der Waals surface area contributed by atoms with E-state index < -0.39 is 0 Å². The van der Waals surface area contributed by atoms with Crippen molar-refractivity contribution in [1.82, 2.24) is 10.2 Å². The van der Waals surface area contributed by atoms with Crippen molar-refractivity contribution in [2.45, 2.75) is 64.5 Å². The Balaban J connectivity index is 1.57. The zero-order chi connectivity index (χ0) is 14.7. The number of rotatable bonds is 5. The lowest BCUT2D eigenvalue weighted by molar-refractivity contribution is 0.289. The van der Waals surface area contributed by atoms with Crippen LogP contribution in [0.1, 0.15) is 62.3 Å². The molecule has 0 saturated carbocycles. The second-order valence-corrected chi connectivity index (χ2v) is 7.03. The molecule has 1 heterocycles. The molecule has 3 rings (SSSR count). The Labute approximate surface area is 129 Å². The van der Waals surface area contributed by atoms with Crippen LogP contribution < -0.4 is 5.32 Å². The van der Waals surface area contributed by atoms with E-state index in [1.54, 1.807) is 11.1 Å². The molecule has 0 spiro atoms. The molecule has 2 heteroatoms. The molecule has 1 fully saturated rings. The van der Waals surface area contributed by atoms with Gasteiger partial charge in [0, 0.05) is 18.6 Å². The highest BCUT2D eigenvalue weighted by Crippen LogP contribution is 2.25. The Morgan fingerprint density at radius 1 is 1.00 bits per heavy atom. The molecule has 1 aliphatic carbocycles. The van der Waals surface area contributed by atoms with Crippen LogP contribution in [-0.2, 0) is 12.8 Å². The Kier molecular flexibility index (Phi) is 4.97. The summed E-state index contributed by atoms with van der Waals surface area (Å²) in [4.78, 5) is 2.59. The van der Waals surface area contributed by atoms with E-state index in [0.717, 1.165) is 0 Å². The van der Waals surface area contributed by atoms with E-state index in [0.29, 0.717) is 12.1 Å². The fraction of sp³-hybridized carbons (Fsp3) is 0.684. The van der Waals surface area contributed by atoms with E-state index in [4.69, 9.17) is 0 Å². The van der Waals surface area contributed by atoms with Crippen LogP contribution in [0.4, 0.5) is 0 Å². The molecule has 1 N–H and O–H groups in total. The largest absolute Gasteiger partial charge is 0.306 e. The lowest BCUT2D eigenvalue weighted by Crippen LogP contribution is -2.39. The quantitative estimate of drug-likeness (QED) is 0.888. The van der Waals surface area contributed by atoms with E-state index in [-0.39, 0.29) is 0 Å². The van der Waals surface area contributed by atoms with Crippen LogP contribution in [-0.4, -0.2) is 30.6 Å². The second-order valence-electron chi connectivity index (χ2n) is 7.03. The monoisotopic (exact) mass is 286 g/mol. The maximum absolute atomic E-state index is 3.79. The zero-order valence-electron chi connectivity index (χ0n) is 13.7. The summed E-state index contributed by atoms with van der Waals surface area (Å²) < 4.78 is 0. The predicted molar refractivity (Wildman–Crippen MR) is 89.8 cm³/mol. The van der Waals surface area contributed by atoms with Gasteiger partial charge in [-0.25, -0.2) is 0 Å². The van der Waals surface area contributed by atoms with Gasteiger partial charge in [0.2, 0.25) is 0 Å². The van der Waals surface area contributed by atoms with Gasteiger partial charge in [-0.05, 0) is 82.2 Å². The van der Waals surface area contributed by atoms with Gasteiger partial charge in [-0.3, -0.25) is 0 Å². The fourth-order valence-electron chi connectivity index (χ4n) is 3.95. The lowest BCUT2D eigenvalue weighted by Gasteiger charge is -2.26. The molecule has 116 valence electrons. The first-order chi connectivity index (χ1) is 10.2. The van der Waals surface area contributed by atoms with E-state index in [9.17, 15) is 0 Å². The molecule has 2 unspecified atom stereocenters. The van der Waals surface area contributed by atoms with Crippen LogP contribution in [0.15, 0.2) is 18.2 Å². The SMILES string of the molecule is CC(CN1CCCC1)NC(C)c1ccc2c(c1)CCCC2. The van der Waals surface area contributed by atoms with Crippen LogP contribution in [0.3, 0.4) is 0 Å². The highest BCUT2D eigenvalue weighted by molar-refractivity contribution is 5.35. The third kappa shape index (κ3) is 3.87. The molecule has 0 bridgehead atoms. The van der Waals surface area contributed by atoms with Gasteiger partial charge in [-0.2, -0.15) is 0 Å². The van der Waals surface area contributed by atoms with Crippen molar-refractivity contribution in [1.29, 1.82) is 0 Å². The molecule has 2 aliphatic rings. The van der Waals surface area contributed by atoms with Crippen molar-refractivity contribution in [3.8, 4) is 0 Å². The zero-order valence-corrected chi connectivity index (χ0v) is 13.7. The molecule has 0 radical (unpaired) electrons.